The van der Waals surface area contributed by atoms with Crippen LogP contribution in [-0.2, 0) is 0 Å². The van der Waals surface area contributed by atoms with E-state index in [1.807, 2.05) is 42.5 Å². The first-order valence-corrected chi connectivity index (χ1v) is 12.1. The summed E-state index contributed by atoms with van der Waals surface area (Å²) < 4.78 is 33.5. The molecule has 0 spiro atoms. The Morgan fingerprint density at radius 1 is 1.11 bits per heavy atom. The number of aromatic nitrogens is 4. The van der Waals surface area contributed by atoms with E-state index in [1.54, 1.807) is 29.4 Å². The lowest BCUT2D eigenvalue weighted by atomic mass is 10.1. The quantitative estimate of drug-likeness (QED) is 0.369. The lowest BCUT2D eigenvalue weighted by Crippen LogP contribution is -2.31. The number of nitrogens with zero attached hydrogens (tertiary/aromatic N) is 5. The lowest BCUT2D eigenvalue weighted by molar-refractivity contribution is 0.00832. The predicted molar refractivity (Wildman–Crippen MR) is 131 cm³/mol. The SMILES string of the molecule is O=C(Nc1nnc(-c2ccncc2)s1)c1ccc(O[C@@H](CN2CCC(F)(F)C2)c2ccccc2)nc1. The topological polar surface area (TPSA) is 93.1 Å². The number of ether oxygens (including phenoxy) is 1. The summed E-state index contributed by atoms with van der Waals surface area (Å²) in [6, 6.07) is 16.2. The number of likely N-dealkylation sites (tertiary alicyclic amines) is 1. The Kier molecular flexibility index (Phi) is 6.92. The Balaban J connectivity index is 1.24. The average molecular weight is 509 g/mol. The second kappa shape index (κ2) is 10.4. The van der Waals surface area contributed by atoms with Crippen LogP contribution in [0, 0.1) is 0 Å². The van der Waals surface area contributed by atoms with Crippen LogP contribution in [-0.4, -0.2) is 56.5 Å². The first kappa shape index (κ1) is 23.9. The molecule has 0 radical (unpaired) electrons. The van der Waals surface area contributed by atoms with Gasteiger partial charge in [-0.25, -0.2) is 13.8 Å². The number of anilines is 1. The molecular weight excluding hydrogens is 486 g/mol. The van der Waals surface area contributed by atoms with Crippen molar-refractivity contribution in [1.29, 1.82) is 0 Å². The number of pyridine rings is 2. The van der Waals surface area contributed by atoms with E-state index in [4.69, 9.17) is 4.74 Å². The van der Waals surface area contributed by atoms with Crippen LogP contribution in [0.1, 0.15) is 28.4 Å². The number of rotatable bonds is 8. The smallest absolute Gasteiger partial charge is 0.261 e. The first-order valence-electron chi connectivity index (χ1n) is 11.3. The van der Waals surface area contributed by atoms with Gasteiger partial charge in [0, 0.05) is 49.7 Å². The highest BCUT2D eigenvalue weighted by molar-refractivity contribution is 7.18. The molecule has 1 aliphatic rings. The van der Waals surface area contributed by atoms with Crippen molar-refractivity contribution in [2.24, 2.45) is 0 Å². The van der Waals surface area contributed by atoms with E-state index in [2.05, 4.69) is 25.5 Å². The van der Waals surface area contributed by atoms with Gasteiger partial charge in [-0.05, 0) is 23.8 Å². The molecule has 4 heterocycles. The molecule has 184 valence electrons. The standard InChI is InChI=1S/C25H22F2N6O2S/c26-25(27)10-13-33(16-25)15-20(17-4-2-1-3-5-17)35-21-7-6-19(14-29-21)22(34)30-24-32-31-23(36-24)18-8-11-28-12-9-18/h1-9,11-12,14,20H,10,13,15-16H2,(H,30,32,34)/t20-/m0/s1. The zero-order valence-electron chi connectivity index (χ0n) is 19.1. The minimum atomic E-state index is -2.68. The fourth-order valence-electron chi connectivity index (χ4n) is 3.86. The summed E-state index contributed by atoms with van der Waals surface area (Å²) in [5, 5.41) is 11.9. The fraction of sp³-hybridized carbons (Fsp3) is 0.240. The molecule has 1 fully saturated rings. The molecule has 5 rings (SSSR count). The van der Waals surface area contributed by atoms with Crippen LogP contribution in [0.3, 0.4) is 0 Å². The number of carbonyl (C=O) groups excluding carboxylic acids is 1. The van der Waals surface area contributed by atoms with Crippen LogP contribution in [0.25, 0.3) is 10.6 Å². The largest absolute Gasteiger partial charge is 0.468 e. The van der Waals surface area contributed by atoms with Crippen LogP contribution >= 0.6 is 11.3 Å². The highest BCUT2D eigenvalue weighted by Gasteiger charge is 2.39. The Morgan fingerprint density at radius 3 is 2.61 bits per heavy atom. The summed E-state index contributed by atoms with van der Waals surface area (Å²) in [5.74, 6) is -2.77. The average Bonchev–Trinajstić information content (AvgIpc) is 3.50. The number of alkyl halides is 2. The highest BCUT2D eigenvalue weighted by atomic mass is 32.1. The van der Waals surface area contributed by atoms with Gasteiger partial charge in [-0.1, -0.05) is 41.7 Å². The van der Waals surface area contributed by atoms with Gasteiger partial charge >= 0.3 is 0 Å². The molecule has 1 atom stereocenters. The molecular formula is C25H22F2N6O2S. The van der Waals surface area contributed by atoms with Gasteiger partial charge in [-0.2, -0.15) is 0 Å². The molecule has 1 N–H and O–H groups in total. The van der Waals surface area contributed by atoms with E-state index in [1.165, 1.54) is 17.5 Å². The molecule has 1 amide bonds. The minimum absolute atomic E-state index is 0.158. The van der Waals surface area contributed by atoms with Crippen molar-refractivity contribution in [3.63, 3.8) is 0 Å². The van der Waals surface area contributed by atoms with Gasteiger partial charge < -0.3 is 4.74 Å². The molecule has 36 heavy (non-hydrogen) atoms. The molecule has 1 saturated heterocycles. The summed E-state index contributed by atoms with van der Waals surface area (Å²) in [4.78, 5) is 22.6. The number of hydrogen-bond donors (Lipinski definition) is 1. The Hall–Kier alpha value is -3.83. The van der Waals surface area contributed by atoms with E-state index < -0.39 is 12.0 Å². The molecule has 8 nitrogen and oxygen atoms in total. The van der Waals surface area contributed by atoms with Crippen molar-refractivity contribution in [2.75, 3.05) is 25.0 Å². The van der Waals surface area contributed by atoms with Crippen molar-refractivity contribution in [1.82, 2.24) is 25.1 Å². The van der Waals surface area contributed by atoms with Gasteiger partial charge in [0.25, 0.3) is 11.8 Å². The number of amides is 1. The van der Waals surface area contributed by atoms with Gasteiger partial charge in [0.05, 0.1) is 12.1 Å². The van der Waals surface area contributed by atoms with Crippen LogP contribution < -0.4 is 10.1 Å². The van der Waals surface area contributed by atoms with E-state index in [0.717, 1.165) is 11.1 Å². The zero-order valence-corrected chi connectivity index (χ0v) is 19.9. The van der Waals surface area contributed by atoms with Crippen LogP contribution in [0.4, 0.5) is 13.9 Å². The summed E-state index contributed by atoms with van der Waals surface area (Å²) in [6.07, 6.45) is 4.08. The maximum absolute atomic E-state index is 13.7. The second-order valence-electron chi connectivity index (χ2n) is 8.35. The zero-order chi connectivity index (χ0) is 25.0. The molecule has 0 aliphatic carbocycles. The Labute approximate surface area is 210 Å². The maximum Gasteiger partial charge on any atom is 0.261 e. The van der Waals surface area contributed by atoms with Crippen molar-refractivity contribution < 1.29 is 18.3 Å². The van der Waals surface area contributed by atoms with Gasteiger partial charge in [-0.15, -0.1) is 10.2 Å². The van der Waals surface area contributed by atoms with Crippen molar-refractivity contribution in [3.05, 3.63) is 84.3 Å². The van der Waals surface area contributed by atoms with E-state index in [9.17, 15) is 13.6 Å². The molecule has 0 unspecified atom stereocenters. The summed E-state index contributed by atoms with van der Waals surface area (Å²) in [7, 11) is 0. The lowest BCUT2D eigenvalue weighted by Gasteiger charge is -2.24. The minimum Gasteiger partial charge on any atom is -0.468 e. The van der Waals surface area contributed by atoms with E-state index >= 15 is 0 Å². The van der Waals surface area contributed by atoms with Gasteiger partial charge in [0.1, 0.15) is 11.1 Å². The third-order valence-electron chi connectivity index (χ3n) is 5.68. The van der Waals surface area contributed by atoms with Gasteiger partial charge in [-0.3, -0.25) is 20.0 Å². The molecule has 4 aromatic rings. The van der Waals surface area contributed by atoms with E-state index in [-0.39, 0.29) is 18.9 Å². The third kappa shape index (κ3) is 5.86. The third-order valence-corrected chi connectivity index (χ3v) is 6.57. The van der Waals surface area contributed by atoms with E-state index in [0.29, 0.717) is 34.7 Å². The summed E-state index contributed by atoms with van der Waals surface area (Å²) >= 11 is 1.25. The molecule has 1 aliphatic heterocycles. The maximum atomic E-state index is 13.7. The van der Waals surface area contributed by atoms with Crippen molar-refractivity contribution in [3.8, 4) is 16.5 Å². The van der Waals surface area contributed by atoms with Crippen LogP contribution in [0.5, 0.6) is 5.88 Å². The van der Waals surface area contributed by atoms with Crippen LogP contribution in [0.15, 0.2) is 73.2 Å². The monoisotopic (exact) mass is 508 g/mol. The summed E-state index contributed by atoms with van der Waals surface area (Å²) in [5.41, 5.74) is 2.04. The molecule has 1 aromatic carbocycles. The number of halogens is 2. The molecule has 3 aromatic heterocycles. The van der Waals surface area contributed by atoms with Crippen LogP contribution in [0.2, 0.25) is 0 Å². The number of hydrogen-bond acceptors (Lipinski definition) is 8. The molecule has 11 heteroatoms. The summed E-state index contributed by atoms with van der Waals surface area (Å²) in [6.45, 7) is 0.321. The number of benzene rings is 1. The molecule has 0 bridgehead atoms. The fourth-order valence-corrected chi connectivity index (χ4v) is 4.60. The highest BCUT2D eigenvalue weighted by Crippen LogP contribution is 2.30. The normalized spacial score (nSPS) is 15.9. The second-order valence-corrected chi connectivity index (χ2v) is 9.32. The van der Waals surface area contributed by atoms with Crippen molar-refractivity contribution >= 4 is 22.4 Å². The Bertz CT molecular complexity index is 1310. The van der Waals surface area contributed by atoms with Gasteiger partial charge in [0.15, 0.2) is 0 Å². The molecule has 0 saturated carbocycles. The number of carbonyl (C=O) groups is 1. The van der Waals surface area contributed by atoms with Gasteiger partial charge in [0.2, 0.25) is 11.0 Å². The number of nitrogens with one attached hydrogen (secondary N) is 1. The predicted octanol–water partition coefficient (Wildman–Crippen LogP) is 4.71. The first-order chi connectivity index (χ1) is 17.4. The Morgan fingerprint density at radius 2 is 1.92 bits per heavy atom. The van der Waals surface area contributed by atoms with Crippen molar-refractivity contribution in [2.45, 2.75) is 18.4 Å².